The fourth-order valence-electron chi connectivity index (χ4n) is 2.82. The van der Waals surface area contributed by atoms with Crippen molar-refractivity contribution in [3.63, 3.8) is 0 Å². The Labute approximate surface area is 103 Å². The van der Waals surface area contributed by atoms with Crippen molar-refractivity contribution < 1.29 is 14.6 Å². The SMILES string of the molecule is CC(C)C1CC(NCC2CCCO2)(C(=O)O)C1. The summed E-state index contributed by atoms with van der Waals surface area (Å²) in [5.74, 6) is 0.419. The Bertz CT molecular complexity index is 278. The highest BCUT2D eigenvalue weighted by Crippen LogP contribution is 2.42. The van der Waals surface area contributed by atoms with Gasteiger partial charge in [0.05, 0.1) is 6.10 Å². The molecular formula is C13H23NO3. The lowest BCUT2D eigenvalue weighted by Crippen LogP contribution is -2.62. The first-order valence-corrected chi connectivity index (χ1v) is 6.63. The van der Waals surface area contributed by atoms with Gasteiger partial charge in [0.15, 0.2) is 0 Å². The molecule has 1 aliphatic heterocycles. The van der Waals surface area contributed by atoms with Crippen molar-refractivity contribution in [1.29, 1.82) is 0 Å². The number of nitrogens with one attached hydrogen (secondary N) is 1. The lowest BCUT2D eigenvalue weighted by molar-refractivity contribution is -0.152. The molecule has 2 aliphatic rings. The molecule has 4 nitrogen and oxygen atoms in total. The van der Waals surface area contributed by atoms with Crippen molar-refractivity contribution in [2.75, 3.05) is 13.2 Å². The number of rotatable bonds is 5. The summed E-state index contributed by atoms with van der Waals surface area (Å²) in [4.78, 5) is 11.4. The maximum atomic E-state index is 11.4. The highest BCUT2D eigenvalue weighted by Gasteiger charge is 2.51. The van der Waals surface area contributed by atoms with Crippen molar-refractivity contribution in [1.82, 2.24) is 5.32 Å². The minimum Gasteiger partial charge on any atom is -0.480 e. The number of carboxylic acids is 1. The zero-order chi connectivity index (χ0) is 12.5. The van der Waals surface area contributed by atoms with Crippen molar-refractivity contribution in [3.05, 3.63) is 0 Å². The number of carbonyl (C=O) groups is 1. The van der Waals surface area contributed by atoms with Crippen LogP contribution in [0.1, 0.15) is 39.5 Å². The van der Waals surface area contributed by atoms with E-state index in [1.54, 1.807) is 0 Å². The van der Waals surface area contributed by atoms with Gasteiger partial charge in [-0.3, -0.25) is 10.1 Å². The molecule has 0 radical (unpaired) electrons. The summed E-state index contributed by atoms with van der Waals surface area (Å²) in [5.41, 5.74) is -0.680. The highest BCUT2D eigenvalue weighted by molar-refractivity contribution is 5.80. The average molecular weight is 241 g/mol. The summed E-state index contributed by atoms with van der Waals surface area (Å²) in [6.45, 7) is 5.82. The minimum atomic E-state index is -0.701. The van der Waals surface area contributed by atoms with E-state index in [9.17, 15) is 9.90 Å². The van der Waals surface area contributed by atoms with Gasteiger partial charge in [-0.1, -0.05) is 13.8 Å². The Kier molecular flexibility index (Phi) is 3.73. The van der Waals surface area contributed by atoms with Crippen molar-refractivity contribution in [2.45, 2.75) is 51.2 Å². The fourth-order valence-corrected chi connectivity index (χ4v) is 2.82. The van der Waals surface area contributed by atoms with Crippen molar-refractivity contribution >= 4 is 5.97 Å². The van der Waals surface area contributed by atoms with Gasteiger partial charge in [0, 0.05) is 13.2 Å². The monoisotopic (exact) mass is 241 g/mol. The van der Waals surface area contributed by atoms with E-state index in [0.717, 1.165) is 32.3 Å². The van der Waals surface area contributed by atoms with Crippen LogP contribution in [0.2, 0.25) is 0 Å². The third kappa shape index (κ3) is 2.63. The van der Waals surface area contributed by atoms with Gasteiger partial charge in [-0.25, -0.2) is 0 Å². The topological polar surface area (TPSA) is 58.6 Å². The van der Waals surface area contributed by atoms with Gasteiger partial charge in [-0.15, -0.1) is 0 Å². The lowest BCUT2D eigenvalue weighted by atomic mass is 9.64. The summed E-state index contributed by atoms with van der Waals surface area (Å²) < 4.78 is 5.52. The molecule has 1 aliphatic carbocycles. The smallest absolute Gasteiger partial charge is 0.323 e. The largest absolute Gasteiger partial charge is 0.480 e. The molecule has 2 rings (SSSR count). The third-order valence-electron chi connectivity index (χ3n) is 4.27. The van der Waals surface area contributed by atoms with Crippen LogP contribution in [-0.2, 0) is 9.53 Å². The van der Waals surface area contributed by atoms with Gasteiger partial charge < -0.3 is 9.84 Å². The second-order valence-electron chi connectivity index (χ2n) is 5.82. The van der Waals surface area contributed by atoms with Crippen LogP contribution in [0.25, 0.3) is 0 Å². The van der Waals surface area contributed by atoms with Crippen LogP contribution in [0.15, 0.2) is 0 Å². The molecular weight excluding hydrogens is 218 g/mol. The normalized spacial score (nSPS) is 37.1. The zero-order valence-electron chi connectivity index (χ0n) is 10.7. The second-order valence-corrected chi connectivity index (χ2v) is 5.82. The van der Waals surface area contributed by atoms with Crippen LogP contribution in [0.4, 0.5) is 0 Å². The Balaban J connectivity index is 1.84. The first-order valence-electron chi connectivity index (χ1n) is 6.63. The molecule has 1 saturated heterocycles. The standard InChI is InChI=1S/C13H23NO3/c1-9(2)10-6-13(7-10,12(15)16)14-8-11-4-3-5-17-11/h9-11,14H,3-8H2,1-2H3,(H,15,16). The van der Waals surface area contributed by atoms with Crippen LogP contribution in [0.3, 0.4) is 0 Å². The Hall–Kier alpha value is -0.610. The molecule has 1 saturated carbocycles. The molecule has 0 aromatic carbocycles. The Morgan fingerprint density at radius 1 is 1.53 bits per heavy atom. The predicted octanol–water partition coefficient (Wildman–Crippen LogP) is 1.64. The maximum absolute atomic E-state index is 11.4. The van der Waals surface area contributed by atoms with Crippen LogP contribution < -0.4 is 5.32 Å². The molecule has 17 heavy (non-hydrogen) atoms. The van der Waals surface area contributed by atoms with E-state index in [2.05, 4.69) is 19.2 Å². The molecule has 0 spiro atoms. The molecule has 0 bridgehead atoms. The van der Waals surface area contributed by atoms with Crippen LogP contribution in [0.5, 0.6) is 0 Å². The average Bonchev–Trinajstić information content (AvgIpc) is 2.67. The Morgan fingerprint density at radius 3 is 2.71 bits per heavy atom. The first-order chi connectivity index (χ1) is 8.03. The van der Waals surface area contributed by atoms with Gasteiger partial charge in [0.2, 0.25) is 0 Å². The fraction of sp³-hybridized carbons (Fsp3) is 0.923. The molecule has 0 aromatic heterocycles. The molecule has 4 heteroatoms. The van der Waals surface area contributed by atoms with Gasteiger partial charge in [0.25, 0.3) is 0 Å². The van der Waals surface area contributed by atoms with E-state index in [1.807, 2.05) is 0 Å². The summed E-state index contributed by atoms with van der Waals surface area (Å²) in [6, 6.07) is 0. The quantitative estimate of drug-likeness (QED) is 0.768. The minimum absolute atomic E-state index is 0.212. The van der Waals surface area contributed by atoms with Gasteiger partial charge >= 0.3 is 5.97 Å². The van der Waals surface area contributed by atoms with E-state index >= 15 is 0 Å². The second kappa shape index (κ2) is 4.94. The summed E-state index contributed by atoms with van der Waals surface area (Å²) in [5, 5.41) is 12.6. The molecule has 0 amide bonds. The predicted molar refractivity (Wildman–Crippen MR) is 64.9 cm³/mol. The Morgan fingerprint density at radius 2 is 2.24 bits per heavy atom. The van der Waals surface area contributed by atoms with Gasteiger partial charge in [-0.05, 0) is 37.5 Å². The third-order valence-corrected chi connectivity index (χ3v) is 4.27. The summed E-state index contributed by atoms with van der Waals surface area (Å²) in [6.07, 6.45) is 3.88. The van der Waals surface area contributed by atoms with E-state index in [1.165, 1.54) is 0 Å². The van der Waals surface area contributed by atoms with Crippen molar-refractivity contribution in [2.24, 2.45) is 11.8 Å². The maximum Gasteiger partial charge on any atom is 0.323 e. The zero-order valence-corrected chi connectivity index (χ0v) is 10.7. The van der Waals surface area contributed by atoms with Gasteiger partial charge in [0.1, 0.15) is 5.54 Å². The van der Waals surface area contributed by atoms with E-state index in [-0.39, 0.29) is 6.10 Å². The number of hydrogen-bond acceptors (Lipinski definition) is 3. The summed E-state index contributed by atoms with van der Waals surface area (Å²) in [7, 11) is 0. The highest BCUT2D eigenvalue weighted by atomic mass is 16.5. The number of hydrogen-bond donors (Lipinski definition) is 2. The van der Waals surface area contributed by atoms with Gasteiger partial charge in [-0.2, -0.15) is 0 Å². The number of ether oxygens (including phenoxy) is 1. The van der Waals surface area contributed by atoms with E-state index < -0.39 is 11.5 Å². The first kappa shape index (κ1) is 12.8. The molecule has 98 valence electrons. The van der Waals surface area contributed by atoms with E-state index in [4.69, 9.17) is 4.74 Å². The number of carboxylic acid groups (broad SMARTS) is 1. The molecule has 1 atom stereocenters. The molecule has 0 aromatic rings. The van der Waals surface area contributed by atoms with Crippen LogP contribution in [0, 0.1) is 11.8 Å². The lowest BCUT2D eigenvalue weighted by Gasteiger charge is -2.47. The number of aliphatic carboxylic acids is 1. The van der Waals surface area contributed by atoms with Crippen LogP contribution >= 0.6 is 0 Å². The summed E-state index contributed by atoms with van der Waals surface area (Å²) >= 11 is 0. The molecule has 2 N–H and O–H groups in total. The van der Waals surface area contributed by atoms with E-state index in [0.29, 0.717) is 18.4 Å². The van der Waals surface area contributed by atoms with Crippen molar-refractivity contribution in [3.8, 4) is 0 Å². The molecule has 1 unspecified atom stereocenters. The van der Waals surface area contributed by atoms with Crippen LogP contribution in [-0.4, -0.2) is 35.9 Å². The molecule has 1 heterocycles. The molecule has 2 fully saturated rings.